The van der Waals surface area contributed by atoms with Gasteiger partial charge in [-0.3, -0.25) is 19.0 Å². The summed E-state index contributed by atoms with van der Waals surface area (Å²) in [5.41, 5.74) is -2.00. The number of hydrogen-bond donors (Lipinski definition) is 1. The van der Waals surface area contributed by atoms with E-state index in [9.17, 15) is 27.6 Å². The molecule has 2 heterocycles. The smallest absolute Gasteiger partial charge is 0.352 e. The van der Waals surface area contributed by atoms with Gasteiger partial charge in [0, 0.05) is 36.9 Å². The van der Waals surface area contributed by atoms with Crippen LogP contribution in [0.25, 0.3) is 5.69 Å². The number of rotatable bonds is 6. The number of pyridine rings is 1. The molecule has 0 radical (unpaired) electrons. The van der Waals surface area contributed by atoms with Gasteiger partial charge in [0.1, 0.15) is 5.56 Å². The Morgan fingerprint density at radius 3 is 2.42 bits per heavy atom. The zero-order chi connectivity index (χ0) is 24.3. The third kappa shape index (κ3) is 5.33. The minimum Gasteiger partial charge on any atom is -0.352 e. The molecule has 0 unspecified atom stereocenters. The van der Waals surface area contributed by atoms with E-state index in [1.165, 1.54) is 55.5 Å². The van der Waals surface area contributed by atoms with Crippen LogP contribution in [0.4, 0.5) is 13.2 Å². The Balaban J connectivity index is 2.09. The topological polar surface area (TPSA) is 71.4 Å². The summed E-state index contributed by atoms with van der Waals surface area (Å²) in [6, 6.07) is 9.20. The van der Waals surface area contributed by atoms with E-state index in [-0.39, 0.29) is 29.1 Å². The van der Waals surface area contributed by atoms with Crippen LogP contribution in [-0.4, -0.2) is 41.9 Å². The number of benzene rings is 1. The van der Waals surface area contributed by atoms with Gasteiger partial charge >= 0.3 is 6.18 Å². The molecule has 0 aliphatic carbocycles. The van der Waals surface area contributed by atoms with E-state index >= 15 is 0 Å². The van der Waals surface area contributed by atoms with E-state index in [1.807, 2.05) is 17.5 Å². The van der Waals surface area contributed by atoms with Gasteiger partial charge in [-0.1, -0.05) is 12.1 Å². The number of alkyl halides is 3. The van der Waals surface area contributed by atoms with Crippen LogP contribution in [-0.2, 0) is 12.6 Å². The molecule has 0 aliphatic rings. The van der Waals surface area contributed by atoms with Crippen LogP contribution in [0, 0.1) is 6.92 Å². The molecule has 0 spiro atoms. The van der Waals surface area contributed by atoms with Crippen LogP contribution in [0.5, 0.6) is 0 Å². The fraction of sp³-hybridized carbons (Fsp3) is 0.261. The monoisotopic (exact) mass is 477 g/mol. The van der Waals surface area contributed by atoms with Gasteiger partial charge in [-0.2, -0.15) is 13.2 Å². The first-order valence-electron chi connectivity index (χ1n) is 9.97. The van der Waals surface area contributed by atoms with Crippen molar-refractivity contribution in [1.29, 1.82) is 0 Å². The van der Waals surface area contributed by atoms with Gasteiger partial charge in [-0.05, 0) is 49.1 Å². The molecule has 3 aromatic rings. The summed E-state index contributed by atoms with van der Waals surface area (Å²) in [4.78, 5) is 41.1. The number of carbonyl (C=O) groups excluding carboxylic acids is 2. The number of halogens is 3. The van der Waals surface area contributed by atoms with Gasteiger partial charge in [0.2, 0.25) is 0 Å². The van der Waals surface area contributed by atoms with Crippen molar-refractivity contribution in [2.75, 3.05) is 20.6 Å². The van der Waals surface area contributed by atoms with Crippen molar-refractivity contribution < 1.29 is 22.8 Å². The second-order valence-corrected chi connectivity index (χ2v) is 8.56. The van der Waals surface area contributed by atoms with Crippen molar-refractivity contribution in [2.24, 2.45) is 0 Å². The van der Waals surface area contributed by atoms with E-state index in [1.54, 1.807) is 0 Å². The number of aromatic nitrogens is 1. The molecule has 174 valence electrons. The third-order valence-corrected chi connectivity index (χ3v) is 5.93. The van der Waals surface area contributed by atoms with Crippen LogP contribution in [0.2, 0.25) is 0 Å². The maximum absolute atomic E-state index is 13.3. The first-order chi connectivity index (χ1) is 15.5. The summed E-state index contributed by atoms with van der Waals surface area (Å²) >= 11 is 1.53. The van der Waals surface area contributed by atoms with Crippen LogP contribution in [0.15, 0.2) is 52.6 Å². The van der Waals surface area contributed by atoms with Gasteiger partial charge in [-0.15, -0.1) is 11.3 Å². The number of thiophene rings is 1. The summed E-state index contributed by atoms with van der Waals surface area (Å²) in [6.45, 7) is 1.71. The first-order valence-corrected chi connectivity index (χ1v) is 10.8. The molecule has 10 heteroatoms. The molecule has 0 saturated carbocycles. The quantitative estimate of drug-likeness (QED) is 0.586. The van der Waals surface area contributed by atoms with E-state index in [0.717, 1.165) is 21.6 Å². The molecule has 0 atom stereocenters. The molecule has 1 N–H and O–H groups in total. The van der Waals surface area contributed by atoms with E-state index < -0.39 is 29.1 Å². The highest BCUT2D eigenvalue weighted by atomic mass is 32.1. The summed E-state index contributed by atoms with van der Waals surface area (Å²) in [5.74, 6) is -1.19. The SMILES string of the molecule is Cc1c(C(=O)N(C)C)cc(C(=O)NCCc2cccs2)c(=O)n1-c1cccc(C(F)(F)F)c1. The zero-order valence-electron chi connectivity index (χ0n) is 18.2. The van der Waals surface area contributed by atoms with Crippen molar-refractivity contribution in [2.45, 2.75) is 19.5 Å². The molecule has 0 aliphatic heterocycles. The van der Waals surface area contributed by atoms with E-state index in [4.69, 9.17) is 0 Å². The molecule has 2 aromatic heterocycles. The Bertz CT molecular complexity index is 1230. The molecule has 2 amide bonds. The molecule has 0 bridgehead atoms. The lowest BCUT2D eigenvalue weighted by Crippen LogP contribution is -2.36. The van der Waals surface area contributed by atoms with Crippen molar-refractivity contribution in [3.8, 4) is 5.69 Å². The molecule has 0 saturated heterocycles. The Kier molecular flexibility index (Phi) is 7.06. The zero-order valence-corrected chi connectivity index (χ0v) is 19.0. The summed E-state index contributed by atoms with van der Waals surface area (Å²) in [7, 11) is 3.00. The fourth-order valence-electron chi connectivity index (χ4n) is 3.31. The van der Waals surface area contributed by atoms with Crippen molar-refractivity contribution in [3.63, 3.8) is 0 Å². The maximum Gasteiger partial charge on any atom is 0.416 e. The minimum atomic E-state index is -4.62. The molecule has 0 fully saturated rings. The maximum atomic E-state index is 13.3. The van der Waals surface area contributed by atoms with Crippen LogP contribution >= 0.6 is 11.3 Å². The number of carbonyl (C=O) groups is 2. The molecule has 33 heavy (non-hydrogen) atoms. The first kappa shape index (κ1) is 24.2. The normalized spacial score (nSPS) is 11.3. The average Bonchev–Trinajstić information content (AvgIpc) is 3.26. The van der Waals surface area contributed by atoms with Gasteiger partial charge in [0.15, 0.2) is 0 Å². The lowest BCUT2D eigenvalue weighted by atomic mass is 10.1. The largest absolute Gasteiger partial charge is 0.416 e. The fourth-order valence-corrected chi connectivity index (χ4v) is 4.01. The summed E-state index contributed by atoms with van der Waals surface area (Å²) in [5, 5.41) is 4.56. The predicted octanol–water partition coefficient (Wildman–Crippen LogP) is 3.90. The van der Waals surface area contributed by atoms with Crippen LogP contribution < -0.4 is 10.9 Å². The van der Waals surface area contributed by atoms with Crippen LogP contribution in [0.3, 0.4) is 0 Å². The number of nitrogens with zero attached hydrogens (tertiary/aromatic N) is 2. The molecular formula is C23H22F3N3O3S. The second-order valence-electron chi connectivity index (χ2n) is 7.53. The summed E-state index contributed by atoms with van der Waals surface area (Å²) in [6.07, 6.45) is -4.06. The van der Waals surface area contributed by atoms with Gasteiger partial charge in [0.05, 0.1) is 11.1 Å². The van der Waals surface area contributed by atoms with Crippen molar-refractivity contribution in [3.05, 3.63) is 85.5 Å². The second kappa shape index (κ2) is 9.62. The van der Waals surface area contributed by atoms with Crippen molar-refractivity contribution >= 4 is 23.2 Å². The molecule has 3 rings (SSSR count). The highest BCUT2D eigenvalue weighted by Gasteiger charge is 2.31. The molecule has 1 aromatic carbocycles. The Morgan fingerprint density at radius 2 is 1.82 bits per heavy atom. The average molecular weight is 478 g/mol. The third-order valence-electron chi connectivity index (χ3n) is 5.00. The number of nitrogens with one attached hydrogen (secondary N) is 1. The van der Waals surface area contributed by atoms with Crippen LogP contribution in [0.1, 0.15) is 36.9 Å². The molecular weight excluding hydrogens is 455 g/mol. The Hall–Kier alpha value is -3.40. The van der Waals surface area contributed by atoms with Gasteiger partial charge < -0.3 is 10.2 Å². The Morgan fingerprint density at radius 1 is 1.09 bits per heavy atom. The highest BCUT2D eigenvalue weighted by Crippen LogP contribution is 2.30. The highest BCUT2D eigenvalue weighted by molar-refractivity contribution is 7.09. The van der Waals surface area contributed by atoms with E-state index in [2.05, 4.69) is 5.32 Å². The van der Waals surface area contributed by atoms with Gasteiger partial charge in [-0.25, -0.2) is 0 Å². The number of amides is 2. The number of hydrogen-bond acceptors (Lipinski definition) is 4. The lowest BCUT2D eigenvalue weighted by molar-refractivity contribution is -0.137. The lowest BCUT2D eigenvalue weighted by Gasteiger charge is -2.19. The van der Waals surface area contributed by atoms with Gasteiger partial charge in [0.25, 0.3) is 17.4 Å². The van der Waals surface area contributed by atoms with Crippen molar-refractivity contribution in [1.82, 2.24) is 14.8 Å². The predicted molar refractivity (Wildman–Crippen MR) is 120 cm³/mol. The molecule has 6 nitrogen and oxygen atoms in total. The Labute approximate surface area is 192 Å². The van der Waals surface area contributed by atoms with E-state index in [0.29, 0.717) is 6.42 Å². The summed E-state index contributed by atoms with van der Waals surface area (Å²) < 4.78 is 40.7. The minimum absolute atomic E-state index is 0.0421. The standard InChI is InChI=1S/C23H22F3N3O3S/c1-14-18(21(31)28(2)3)13-19(20(30)27-10-9-17-8-5-11-33-17)22(32)29(14)16-7-4-6-15(12-16)23(24,25)26/h4-8,11-13H,9-10H2,1-3H3,(H,27,30).